The van der Waals surface area contributed by atoms with Gasteiger partial charge in [0.25, 0.3) is 0 Å². The van der Waals surface area contributed by atoms with E-state index in [1.165, 1.54) is 0 Å². The Morgan fingerprint density at radius 1 is 0.882 bits per heavy atom. The lowest BCUT2D eigenvalue weighted by molar-refractivity contribution is 0.0221. The van der Waals surface area contributed by atoms with Crippen molar-refractivity contribution in [3.8, 4) is 0 Å². The highest BCUT2D eigenvalue weighted by atomic mass is 35.6. The van der Waals surface area contributed by atoms with Crippen LogP contribution in [0.5, 0.6) is 0 Å². The van der Waals surface area contributed by atoms with Crippen LogP contribution in [0.2, 0.25) is 0 Å². The van der Waals surface area contributed by atoms with Gasteiger partial charge in [0.2, 0.25) is 9.36 Å². The van der Waals surface area contributed by atoms with Crippen LogP contribution in [0.15, 0.2) is 0 Å². The second kappa shape index (κ2) is 4.42. The van der Waals surface area contributed by atoms with Crippen LogP contribution in [0.25, 0.3) is 0 Å². The Morgan fingerprint density at radius 2 is 1.41 bits per heavy atom. The van der Waals surface area contributed by atoms with E-state index in [1.807, 2.05) is 0 Å². The fourth-order valence-corrected chi connectivity index (χ4v) is 2.21. The van der Waals surface area contributed by atoms with Crippen molar-refractivity contribution >= 4 is 58.7 Å². The molecule has 6 nitrogen and oxygen atoms in total. The highest BCUT2D eigenvalue weighted by Gasteiger charge is 2.57. The van der Waals surface area contributed by atoms with E-state index in [0.717, 1.165) is 0 Å². The van der Waals surface area contributed by atoms with E-state index in [-0.39, 0.29) is 0 Å². The van der Waals surface area contributed by atoms with Crippen molar-refractivity contribution in [3.05, 3.63) is 0 Å². The second-order valence-electron chi connectivity index (χ2n) is 3.21. The number of halogens is 4. The van der Waals surface area contributed by atoms with Crippen LogP contribution in [0.4, 0.5) is 9.59 Å². The van der Waals surface area contributed by atoms with Gasteiger partial charge >= 0.3 is 12.3 Å². The van der Waals surface area contributed by atoms with E-state index in [9.17, 15) is 9.59 Å². The van der Waals surface area contributed by atoms with Crippen LogP contribution in [-0.4, -0.2) is 40.0 Å². The zero-order chi connectivity index (χ0) is 12.8. The number of ether oxygens (including phenoxy) is 4. The van der Waals surface area contributed by atoms with Crippen LogP contribution in [0, 0.1) is 0 Å². The quantitative estimate of drug-likeness (QED) is 0.544. The zero-order valence-electron chi connectivity index (χ0n) is 7.77. The van der Waals surface area contributed by atoms with E-state index in [4.69, 9.17) is 55.9 Å². The molecule has 2 rings (SSSR count). The molecule has 0 bridgehead atoms. The van der Waals surface area contributed by atoms with Gasteiger partial charge in [0.05, 0.1) is 0 Å². The van der Waals surface area contributed by atoms with Crippen LogP contribution < -0.4 is 0 Å². The molecule has 4 atom stereocenters. The molecule has 0 radical (unpaired) electrons. The number of carbonyl (C=O) groups is 2. The highest BCUT2D eigenvalue weighted by molar-refractivity contribution is 6.68. The monoisotopic (exact) mass is 324 g/mol. The summed E-state index contributed by atoms with van der Waals surface area (Å²) in [5.74, 6) is 0. The third-order valence-corrected chi connectivity index (χ3v) is 3.08. The summed E-state index contributed by atoms with van der Waals surface area (Å²) in [5.41, 5.74) is -1.16. The van der Waals surface area contributed by atoms with Gasteiger partial charge in [-0.25, -0.2) is 9.59 Å². The molecule has 17 heavy (non-hydrogen) atoms. The molecule has 2 aliphatic heterocycles. The minimum Gasteiger partial charge on any atom is -0.423 e. The molecule has 2 saturated heterocycles. The van der Waals surface area contributed by atoms with Gasteiger partial charge in [-0.2, -0.15) is 0 Å². The third kappa shape index (κ3) is 2.59. The normalized spacial score (nSPS) is 37.2. The number of hydrogen-bond donors (Lipinski definition) is 0. The molecular formula is C7H4Cl4O6. The maximum Gasteiger partial charge on any atom is 0.510 e. The van der Waals surface area contributed by atoms with Gasteiger partial charge in [-0.15, -0.1) is 0 Å². The molecule has 2 fully saturated rings. The van der Waals surface area contributed by atoms with Gasteiger partial charge in [0.15, 0.2) is 18.3 Å². The molecule has 0 aromatic rings. The first-order valence-electron chi connectivity index (χ1n) is 4.24. The van der Waals surface area contributed by atoms with Gasteiger partial charge < -0.3 is 18.9 Å². The van der Waals surface area contributed by atoms with Crippen LogP contribution >= 0.6 is 46.4 Å². The first-order chi connectivity index (χ1) is 7.79. The molecule has 10 heteroatoms. The van der Waals surface area contributed by atoms with E-state index in [0.29, 0.717) is 0 Å². The Kier molecular flexibility index (Phi) is 3.42. The Hall–Kier alpha value is -0.300. The molecule has 2 aliphatic rings. The Labute approximate surface area is 115 Å². The summed E-state index contributed by atoms with van der Waals surface area (Å²) in [6, 6.07) is 0. The number of rotatable bonds is 1. The molecule has 0 aromatic heterocycles. The van der Waals surface area contributed by atoms with Crippen molar-refractivity contribution in [2.24, 2.45) is 0 Å². The zero-order valence-corrected chi connectivity index (χ0v) is 10.8. The Balaban J connectivity index is 2.19. The topological polar surface area (TPSA) is 71.1 Å². The molecule has 0 unspecified atom stereocenters. The Morgan fingerprint density at radius 3 is 1.88 bits per heavy atom. The maximum absolute atomic E-state index is 11.0. The average molecular weight is 326 g/mol. The summed E-state index contributed by atoms with van der Waals surface area (Å²) in [5, 5.41) is 0. The van der Waals surface area contributed by atoms with Crippen LogP contribution in [0.3, 0.4) is 0 Å². The van der Waals surface area contributed by atoms with Crippen molar-refractivity contribution in [2.75, 3.05) is 0 Å². The second-order valence-corrected chi connectivity index (χ2v) is 6.01. The predicted molar refractivity (Wildman–Crippen MR) is 56.4 cm³/mol. The first kappa shape index (κ1) is 13.1. The van der Waals surface area contributed by atoms with Crippen molar-refractivity contribution in [3.63, 3.8) is 0 Å². The van der Waals surface area contributed by atoms with Crippen molar-refractivity contribution in [1.82, 2.24) is 0 Å². The van der Waals surface area contributed by atoms with Crippen molar-refractivity contribution < 1.29 is 28.5 Å². The van der Waals surface area contributed by atoms with Crippen molar-refractivity contribution in [2.45, 2.75) is 27.7 Å². The molecule has 0 N–H and O–H groups in total. The number of cyclic esters (lactones) is 4. The van der Waals surface area contributed by atoms with Crippen LogP contribution in [0.1, 0.15) is 0 Å². The summed E-state index contributed by atoms with van der Waals surface area (Å²) < 4.78 is 16.7. The fourth-order valence-electron chi connectivity index (χ4n) is 1.43. The fraction of sp³-hybridized carbons (Fsp3) is 0.714. The largest absolute Gasteiger partial charge is 0.510 e. The summed E-state index contributed by atoms with van der Waals surface area (Å²) >= 11 is 22.5. The number of hydrogen-bond acceptors (Lipinski definition) is 6. The summed E-state index contributed by atoms with van der Waals surface area (Å²) in [6.45, 7) is 0. The van der Waals surface area contributed by atoms with Gasteiger partial charge in [-0.3, -0.25) is 0 Å². The smallest absolute Gasteiger partial charge is 0.423 e. The lowest BCUT2D eigenvalue weighted by Gasteiger charge is -2.24. The first-order valence-corrected chi connectivity index (χ1v) is 5.81. The molecule has 0 aromatic carbocycles. The lowest BCUT2D eigenvalue weighted by atomic mass is 10.1. The minimum atomic E-state index is -1.94. The molecule has 0 aliphatic carbocycles. The van der Waals surface area contributed by atoms with Gasteiger partial charge in [0, 0.05) is 0 Å². The van der Waals surface area contributed by atoms with E-state index < -0.39 is 40.0 Å². The highest BCUT2D eigenvalue weighted by Crippen LogP contribution is 2.41. The lowest BCUT2D eigenvalue weighted by Crippen LogP contribution is -2.45. The molecule has 0 spiro atoms. The van der Waals surface area contributed by atoms with Crippen LogP contribution in [-0.2, 0) is 18.9 Å². The van der Waals surface area contributed by atoms with E-state index in [1.54, 1.807) is 0 Å². The molecule has 2 heterocycles. The van der Waals surface area contributed by atoms with Gasteiger partial charge in [-0.1, -0.05) is 46.4 Å². The third-order valence-electron chi connectivity index (χ3n) is 2.10. The summed E-state index contributed by atoms with van der Waals surface area (Å²) in [6.07, 6.45) is -5.54. The summed E-state index contributed by atoms with van der Waals surface area (Å²) in [4.78, 5) is 21.9. The summed E-state index contributed by atoms with van der Waals surface area (Å²) in [7, 11) is 0. The molecule has 0 saturated carbocycles. The molecule has 96 valence electrons. The van der Waals surface area contributed by atoms with E-state index >= 15 is 0 Å². The van der Waals surface area contributed by atoms with Gasteiger partial charge in [0.1, 0.15) is 0 Å². The molecular weight excluding hydrogens is 322 g/mol. The standard InChI is InChI=1S/C7H4Cl4O6/c8-4-2(15-6(13)17-4)1-3(7(9,10)11)16-5(12)14-1/h1-4H/t1-,2+,3+,4-/m1/s1. The number of alkyl halides is 4. The maximum atomic E-state index is 11.0. The van der Waals surface area contributed by atoms with Crippen molar-refractivity contribution in [1.29, 1.82) is 0 Å². The average Bonchev–Trinajstić information content (AvgIpc) is 2.68. The SMILES string of the molecule is O=C1O[C@@H]([C@H]2OC(=O)O[C@@H]2C(Cl)(Cl)Cl)[C@H](Cl)O1. The molecule has 0 amide bonds. The predicted octanol–water partition coefficient (Wildman–Crippen LogP) is 2.36. The minimum absolute atomic E-state index is 0.999. The van der Waals surface area contributed by atoms with Gasteiger partial charge in [-0.05, 0) is 0 Å². The Bertz CT molecular complexity index is 355. The van der Waals surface area contributed by atoms with E-state index in [2.05, 4.69) is 9.47 Å². The number of carbonyl (C=O) groups excluding carboxylic acids is 2.